The minimum absolute atomic E-state index is 0. The van der Waals surface area contributed by atoms with Crippen LogP contribution in [0.5, 0.6) is 0 Å². The first-order chi connectivity index (χ1) is 3.00. The molecule has 0 aromatic carbocycles. The van der Waals surface area contributed by atoms with Crippen molar-refractivity contribution >= 4 is 0 Å². The summed E-state index contributed by atoms with van der Waals surface area (Å²) in [5.74, 6) is 0. The average Bonchev–Trinajstić information content (AvgIpc) is 1.72. The first kappa shape index (κ1) is 15.9. The zero-order chi connectivity index (χ0) is 4.24. The van der Waals surface area contributed by atoms with Crippen LogP contribution in [0.4, 0.5) is 0 Å². The summed E-state index contributed by atoms with van der Waals surface area (Å²) in [6.45, 7) is 0. The third-order valence-electron chi connectivity index (χ3n) is 0.566. The number of hydrogen-bond acceptors (Lipinski definition) is 1. The molecule has 0 aliphatic rings. The molecule has 0 aliphatic heterocycles. The summed E-state index contributed by atoms with van der Waals surface area (Å²) in [6.07, 6.45) is 3.50. The van der Waals surface area contributed by atoms with Crippen LogP contribution in [-0.4, -0.2) is 4.98 Å². The molecule has 0 saturated heterocycles. The smallest absolute Gasteiger partial charge is 1.00 e. The Morgan fingerprint density at radius 3 is 1.33 bits per heavy atom. The first-order valence-corrected chi connectivity index (χ1v) is 1.85. The van der Waals surface area contributed by atoms with E-state index in [1.54, 1.807) is 12.4 Å². The molecule has 1 nitrogen and oxygen atoms in total. The summed E-state index contributed by atoms with van der Waals surface area (Å²) in [7, 11) is 0. The summed E-state index contributed by atoms with van der Waals surface area (Å²) >= 11 is 0. The fourth-order valence-electron chi connectivity index (χ4n) is 0.313. The summed E-state index contributed by atoms with van der Waals surface area (Å²) in [5.41, 5.74) is 0. The van der Waals surface area contributed by atoms with Gasteiger partial charge in [0.1, 0.15) is 0 Å². The predicted molar refractivity (Wildman–Crippen MR) is 24.2 cm³/mol. The van der Waals surface area contributed by atoms with Gasteiger partial charge in [0.15, 0.2) is 0 Å². The molecule has 46 valence electrons. The van der Waals surface area contributed by atoms with Crippen LogP contribution in [-0.2, 0) is 19.5 Å². The van der Waals surface area contributed by atoms with Gasteiger partial charge in [0, 0.05) is 12.4 Å². The molecule has 9 heavy (non-hydrogen) atoms. The third kappa shape index (κ3) is 7.63. The fraction of sp³-hybridized carbons (Fsp3) is 0. The number of hydrogen-bond donors (Lipinski definition) is 0. The molecule has 1 aromatic heterocycles. The van der Waals surface area contributed by atoms with Crippen LogP contribution < -0.4 is 9.41 Å². The number of rotatable bonds is 0. The molecule has 0 saturated carbocycles. The topological polar surface area (TPSA) is 12.9 Å². The molecule has 1 rings (SSSR count). The molecular weight excluding hydrogens is 177 g/mol. The molecule has 4 heteroatoms. The summed E-state index contributed by atoms with van der Waals surface area (Å²) < 4.78 is 0. The van der Waals surface area contributed by atoms with Crippen LogP contribution in [0.2, 0.25) is 0 Å². The van der Waals surface area contributed by atoms with E-state index in [2.05, 4.69) is 4.98 Å². The third-order valence-corrected chi connectivity index (χ3v) is 0.566. The zero-order valence-electron chi connectivity index (χ0n) is 4.80. The van der Waals surface area contributed by atoms with Crippen molar-refractivity contribution in [3.05, 3.63) is 30.6 Å². The minimum atomic E-state index is 0. The monoisotopic (exact) mass is 181 g/mol. The summed E-state index contributed by atoms with van der Waals surface area (Å²) in [4.78, 5) is 3.78. The van der Waals surface area contributed by atoms with E-state index in [1.165, 1.54) is 0 Å². The normalized spacial score (nSPS) is 5.33. The molecule has 0 amide bonds. The fourth-order valence-corrected chi connectivity index (χ4v) is 0.313. The molecule has 0 fully saturated rings. The Morgan fingerprint density at radius 2 is 1.22 bits per heavy atom. The molecule has 1 aromatic rings. The van der Waals surface area contributed by atoms with Gasteiger partial charge < -0.3 is 9.41 Å². The molecule has 0 radical (unpaired) electrons. The van der Waals surface area contributed by atoms with Gasteiger partial charge >= 0.3 is 19.5 Å². The van der Waals surface area contributed by atoms with Gasteiger partial charge in [-0.3, -0.25) is 4.98 Å². The molecule has 0 aliphatic carbocycles. The van der Waals surface area contributed by atoms with Crippen LogP contribution in [0.15, 0.2) is 30.6 Å². The number of pyridine rings is 1. The van der Waals surface area contributed by atoms with E-state index in [-0.39, 0.29) is 28.9 Å². The maximum Gasteiger partial charge on any atom is 2.00 e. The van der Waals surface area contributed by atoms with Gasteiger partial charge in [-0.25, -0.2) is 0 Å². The number of aromatic nitrogens is 1. The number of nitrogens with zero attached hydrogens (tertiary/aromatic N) is 1. The Hall–Kier alpha value is -0.367. The summed E-state index contributed by atoms with van der Waals surface area (Å²) in [5, 5.41) is 0. The van der Waals surface area contributed by atoms with Gasteiger partial charge in [0.05, 0.1) is 0 Å². The van der Waals surface area contributed by atoms with Crippen LogP contribution in [0.1, 0.15) is 0 Å². The van der Waals surface area contributed by atoms with E-state index in [0.29, 0.717) is 0 Å². The van der Waals surface area contributed by atoms with Crippen molar-refractivity contribution in [3.63, 3.8) is 0 Å². The maximum absolute atomic E-state index is 3.78. The molecular formula is C5H5F2NZn. The zero-order valence-corrected chi connectivity index (χ0v) is 7.76. The summed E-state index contributed by atoms with van der Waals surface area (Å²) in [6, 6.07) is 5.72. The van der Waals surface area contributed by atoms with Crippen molar-refractivity contribution in [1.29, 1.82) is 0 Å². The molecule has 1 heterocycles. The van der Waals surface area contributed by atoms with Gasteiger partial charge in [-0.15, -0.1) is 0 Å². The van der Waals surface area contributed by atoms with Crippen molar-refractivity contribution in [2.24, 2.45) is 0 Å². The van der Waals surface area contributed by atoms with Gasteiger partial charge in [0.2, 0.25) is 0 Å². The second-order valence-electron chi connectivity index (χ2n) is 1.02. The largest absolute Gasteiger partial charge is 2.00 e. The van der Waals surface area contributed by atoms with E-state index >= 15 is 0 Å². The van der Waals surface area contributed by atoms with Crippen molar-refractivity contribution in [2.45, 2.75) is 0 Å². The number of halogens is 2. The molecule has 0 bridgehead atoms. The van der Waals surface area contributed by atoms with Crippen LogP contribution in [0.25, 0.3) is 0 Å². The van der Waals surface area contributed by atoms with E-state index in [0.717, 1.165) is 0 Å². The molecule has 0 N–H and O–H groups in total. The second-order valence-corrected chi connectivity index (χ2v) is 1.02. The van der Waals surface area contributed by atoms with E-state index < -0.39 is 0 Å². The Bertz CT molecular complexity index is 86.9. The molecule has 0 atom stereocenters. The predicted octanol–water partition coefficient (Wildman–Crippen LogP) is -4.91. The van der Waals surface area contributed by atoms with Crippen molar-refractivity contribution in [3.8, 4) is 0 Å². The maximum atomic E-state index is 3.78. The van der Waals surface area contributed by atoms with Crippen LogP contribution in [0.3, 0.4) is 0 Å². The van der Waals surface area contributed by atoms with Crippen molar-refractivity contribution in [2.75, 3.05) is 0 Å². The van der Waals surface area contributed by atoms with E-state index in [4.69, 9.17) is 0 Å². The van der Waals surface area contributed by atoms with Gasteiger partial charge in [-0.1, -0.05) is 6.07 Å². The van der Waals surface area contributed by atoms with Gasteiger partial charge in [0.25, 0.3) is 0 Å². The standard InChI is InChI=1S/C5H5N.2FH.Zn/c1-2-4-6-5-3-1;;;/h1-5H;2*1H;/q;;;+2/p-2. The quantitative estimate of drug-likeness (QED) is 0.367. The Kier molecular flexibility index (Phi) is 18.6. The Balaban J connectivity index is -0.000000120. The average molecular weight is 182 g/mol. The molecule has 0 spiro atoms. The van der Waals surface area contributed by atoms with Gasteiger partial charge in [-0.2, -0.15) is 0 Å². The van der Waals surface area contributed by atoms with Crippen molar-refractivity contribution in [1.82, 2.24) is 4.98 Å². The molecule has 0 unspecified atom stereocenters. The minimum Gasteiger partial charge on any atom is -1.00 e. The Labute approximate surface area is 65.0 Å². The SMILES string of the molecule is [F-].[F-].[Zn+2].c1ccncc1. The van der Waals surface area contributed by atoms with E-state index in [1.807, 2.05) is 18.2 Å². The van der Waals surface area contributed by atoms with E-state index in [9.17, 15) is 0 Å². The van der Waals surface area contributed by atoms with Crippen LogP contribution in [0, 0.1) is 0 Å². The first-order valence-electron chi connectivity index (χ1n) is 1.85. The Morgan fingerprint density at radius 1 is 0.778 bits per heavy atom. The van der Waals surface area contributed by atoms with Crippen molar-refractivity contribution < 1.29 is 28.9 Å². The second kappa shape index (κ2) is 10.6. The van der Waals surface area contributed by atoms with Crippen LogP contribution >= 0.6 is 0 Å². The van der Waals surface area contributed by atoms with Gasteiger partial charge in [-0.05, 0) is 12.1 Å².